The number of carbonyl (C=O) groups is 1. The fourth-order valence-electron chi connectivity index (χ4n) is 4.25. The topological polar surface area (TPSA) is 96.5 Å². The maximum Gasteiger partial charge on any atom is 0.419 e. The molecular weight excluding hydrogens is 370 g/mol. The third kappa shape index (κ3) is 3.90. The standard InChI is InChI=1S/C19H25N3O4.ClH/c1-22-15-10-12(2-3-16(15)26-19(22)25)18(24)21-17(13-8-14(23)9-13)11-4-6-20-7-5-11;/h2-3,10-11,13-14,17,20,23H,4-9H2,1H3,(H,21,24);1H. The summed E-state index contributed by atoms with van der Waals surface area (Å²) in [5.74, 6) is 0.192. The molecule has 2 aromatic rings. The summed E-state index contributed by atoms with van der Waals surface area (Å²) in [7, 11) is 1.63. The number of carbonyl (C=O) groups excluding carboxylic acids is 1. The first-order valence-corrected chi connectivity index (χ1v) is 9.32. The van der Waals surface area contributed by atoms with E-state index in [0.717, 1.165) is 38.8 Å². The number of fused-ring (bicyclic) bond motifs is 1. The summed E-state index contributed by atoms with van der Waals surface area (Å²) in [6.45, 7) is 1.94. The van der Waals surface area contributed by atoms with E-state index >= 15 is 0 Å². The van der Waals surface area contributed by atoms with Crippen molar-refractivity contribution >= 4 is 29.4 Å². The normalized spacial score (nSPS) is 24.1. The molecule has 1 saturated carbocycles. The second-order valence-corrected chi connectivity index (χ2v) is 7.58. The molecule has 1 aliphatic heterocycles. The highest BCUT2D eigenvalue weighted by molar-refractivity contribution is 5.97. The van der Waals surface area contributed by atoms with Crippen LogP contribution in [0.4, 0.5) is 0 Å². The van der Waals surface area contributed by atoms with E-state index in [-0.39, 0.29) is 30.5 Å². The molecule has 1 aromatic heterocycles. The SMILES string of the molecule is Cl.Cn1c(=O)oc2ccc(C(=O)NC(C3CCNCC3)C3CC(O)C3)cc21. The lowest BCUT2D eigenvalue weighted by atomic mass is 9.71. The van der Waals surface area contributed by atoms with Crippen molar-refractivity contribution in [3.8, 4) is 0 Å². The number of aliphatic hydroxyl groups is 1. The van der Waals surface area contributed by atoms with Gasteiger partial charge in [-0.05, 0) is 68.8 Å². The number of aliphatic hydroxyl groups excluding tert-OH is 1. The Labute approximate surface area is 163 Å². The van der Waals surface area contributed by atoms with E-state index in [2.05, 4.69) is 10.6 Å². The first-order chi connectivity index (χ1) is 12.5. The third-order valence-electron chi connectivity index (χ3n) is 5.90. The molecule has 2 fully saturated rings. The molecule has 1 unspecified atom stereocenters. The van der Waals surface area contributed by atoms with Crippen molar-refractivity contribution in [2.75, 3.05) is 13.1 Å². The minimum absolute atomic E-state index is 0. The van der Waals surface area contributed by atoms with Crippen molar-refractivity contribution < 1.29 is 14.3 Å². The van der Waals surface area contributed by atoms with Gasteiger partial charge in [0.1, 0.15) is 0 Å². The highest BCUT2D eigenvalue weighted by Gasteiger charge is 2.39. The van der Waals surface area contributed by atoms with Gasteiger partial charge in [0.05, 0.1) is 11.6 Å². The van der Waals surface area contributed by atoms with E-state index in [1.165, 1.54) is 4.57 Å². The Morgan fingerprint density at radius 1 is 1.30 bits per heavy atom. The number of hydrogen-bond acceptors (Lipinski definition) is 5. The van der Waals surface area contributed by atoms with Crippen LogP contribution in [0, 0.1) is 11.8 Å². The Kier molecular flexibility index (Phi) is 5.93. The van der Waals surface area contributed by atoms with Crippen molar-refractivity contribution in [2.45, 2.75) is 37.8 Å². The van der Waals surface area contributed by atoms with Crippen LogP contribution in [0.3, 0.4) is 0 Å². The van der Waals surface area contributed by atoms with Gasteiger partial charge in [0, 0.05) is 18.7 Å². The maximum absolute atomic E-state index is 12.9. The fraction of sp³-hybridized carbons (Fsp3) is 0.579. The van der Waals surface area contributed by atoms with Gasteiger partial charge in [0.25, 0.3) is 5.91 Å². The van der Waals surface area contributed by atoms with Gasteiger partial charge in [-0.15, -0.1) is 12.4 Å². The quantitative estimate of drug-likeness (QED) is 0.727. The van der Waals surface area contributed by atoms with Crippen LogP contribution in [-0.4, -0.2) is 40.8 Å². The molecule has 1 aromatic carbocycles. The Balaban J connectivity index is 0.00000210. The van der Waals surface area contributed by atoms with Gasteiger partial charge in [0.2, 0.25) is 0 Å². The smallest absolute Gasteiger partial charge is 0.408 e. The van der Waals surface area contributed by atoms with Crippen molar-refractivity contribution in [3.63, 3.8) is 0 Å². The minimum Gasteiger partial charge on any atom is -0.408 e. The predicted molar refractivity (Wildman–Crippen MR) is 104 cm³/mol. The van der Waals surface area contributed by atoms with Crippen LogP contribution < -0.4 is 16.4 Å². The third-order valence-corrected chi connectivity index (χ3v) is 5.90. The Morgan fingerprint density at radius 2 is 2.00 bits per heavy atom. The van der Waals surface area contributed by atoms with Gasteiger partial charge < -0.3 is 20.2 Å². The molecule has 0 spiro atoms. The molecule has 27 heavy (non-hydrogen) atoms. The summed E-state index contributed by atoms with van der Waals surface area (Å²) in [4.78, 5) is 24.5. The highest BCUT2D eigenvalue weighted by atomic mass is 35.5. The molecule has 1 atom stereocenters. The summed E-state index contributed by atoms with van der Waals surface area (Å²) in [5, 5.41) is 16.3. The number of amides is 1. The number of halogens is 1. The van der Waals surface area contributed by atoms with Gasteiger partial charge in [-0.1, -0.05) is 0 Å². The number of aryl methyl sites for hydroxylation is 1. The number of aromatic nitrogens is 1. The second-order valence-electron chi connectivity index (χ2n) is 7.58. The molecule has 0 bridgehead atoms. The van der Waals surface area contributed by atoms with Gasteiger partial charge in [-0.25, -0.2) is 4.79 Å². The Hall–Kier alpha value is -1.83. The average molecular weight is 396 g/mol. The molecule has 148 valence electrons. The van der Waals surface area contributed by atoms with Crippen molar-refractivity contribution in [2.24, 2.45) is 18.9 Å². The molecule has 2 heterocycles. The zero-order valence-corrected chi connectivity index (χ0v) is 16.1. The van der Waals surface area contributed by atoms with Crippen molar-refractivity contribution in [1.82, 2.24) is 15.2 Å². The number of nitrogens with one attached hydrogen (secondary N) is 2. The number of benzene rings is 1. The summed E-state index contributed by atoms with van der Waals surface area (Å²) in [5.41, 5.74) is 1.61. The number of rotatable bonds is 4. The van der Waals surface area contributed by atoms with E-state index in [1.807, 2.05) is 0 Å². The van der Waals surface area contributed by atoms with E-state index in [9.17, 15) is 14.7 Å². The number of oxazole rings is 1. The zero-order valence-electron chi connectivity index (χ0n) is 15.3. The second kappa shape index (κ2) is 8.04. The first-order valence-electron chi connectivity index (χ1n) is 9.32. The molecule has 7 nitrogen and oxygen atoms in total. The lowest BCUT2D eigenvalue weighted by Crippen LogP contribution is -2.52. The molecule has 2 aliphatic rings. The largest absolute Gasteiger partial charge is 0.419 e. The Bertz CT molecular complexity index is 865. The van der Waals surface area contributed by atoms with Crippen molar-refractivity contribution in [3.05, 3.63) is 34.3 Å². The molecule has 4 rings (SSSR count). The van der Waals surface area contributed by atoms with E-state index in [4.69, 9.17) is 4.42 Å². The summed E-state index contributed by atoms with van der Waals surface area (Å²) in [6.07, 6.45) is 3.34. The lowest BCUT2D eigenvalue weighted by molar-refractivity contribution is 0.00919. The first kappa shape index (κ1) is 19.9. The van der Waals surface area contributed by atoms with E-state index < -0.39 is 5.76 Å². The zero-order chi connectivity index (χ0) is 18.3. The minimum atomic E-state index is -0.436. The predicted octanol–water partition coefficient (Wildman–Crippen LogP) is 1.42. The lowest BCUT2D eigenvalue weighted by Gasteiger charge is -2.43. The summed E-state index contributed by atoms with van der Waals surface area (Å²) in [6, 6.07) is 5.13. The van der Waals surface area contributed by atoms with Crippen LogP contribution in [-0.2, 0) is 7.05 Å². The molecular formula is C19H26ClN3O4. The van der Waals surface area contributed by atoms with Gasteiger partial charge in [0.15, 0.2) is 5.58 Å². The van der Waals surface area contributed by atoms with Crippen LogP contribution in [0.2, 0.25) is 0 Å². The van der Waals surface area contributed by atoms with E-state index in [1.54, 1.807) is 25.2 Å². The molecule has 1 aliphatic carbocycles. The number of piperidine rings is 1. The number of hydrogen-bond donors (Lipinski definition) is 3. The van der Waals surface area contributed by atoms with Crippen molar-refractivity contribution in [1.29, 1.82) is 0 Å². The fourth-order valence-corrected chi connectivity index (χ4v) is 4.25. The summed E-state index contributed by atoms with van der Waals surface area (Å²) >= 11 is 0. The van der Waals surface area contributed by atoms with Gasteiger partial charge >= 0.3 is 5.76 Å². The van der Waals surface area contributed by atoms with Crippen LogP contribution in [0.25, 0.3) is 11.1 Å². The van der Waals surface area contributed by atoms with Gasteiger partial charge in [-0.2, -0.15) is 0 Å². The maximum atomic E-state index is 12.9. The van der Waals surface area contributed by atoms with E-state index in [0.29, 0.717) is 28.5 Å². The van der Waals surface area contributed by atoms with Gasteiger partial charge in [-0.3, -0.25) is 9.36 Å². The monoisotopic (exact) mass is 395 g/mol. The molecule has 1 amide bonds. The van der Waals surface area contributed by atoms with Crippen LogP contribution >= 0.6 is 12.4 Å². The van der Waals surface area contributed by atoms with Crippen LogP contribution in [0.15, 0.2) is 27.4 Å². The molecule has 1 saturated heterocycles. The molecule has 8 heteroatoms. The Morgan fingerprint density at radius 3 is 2.67 bits per heavy atom. The molecule has 3 N–H and O–H groups in total. The van der Waals surface area contributed by atoms with Crippen LogP contribution in [0.1, 0.15) is 36.0 Å². The highest BCUT2D eigenvalue weighted by Crippen LogP contribution is 2.36. The molecule has 0 radical (unpaired) electrons. The summed E-state index contributed by atoms with van der Waals surface area (Å²) < 4.78 is 6.53. The average Bonchev–Trinajstić information content (AvgIpc) is 2.91. The van der Waals surface area contributed by atoms with Crippen LogP contribution in [0.5, 0.6) is 0 Å². The number of nitrogens with zero attached hydrogens (tertiary/aromatic N) is 1.